The van der Waals surface area contributed by atoms with Gasteiger partial charge in [0.1, 0.15) is 18.2 Å². The van der Waals surface area contributed by atoms with E-state index in [9.17, 15) is 0 Å². The molecule has 3 heterocycles. The molecule has 0 spiro atoms. The van der Waals surface area contributed by atoms with Crippen molar-refractivity contribution in [3.8, 4) is 0 Å². The number of rotatable bonds is 4. The van der Waals surface area contributed by atoms with Gasteiger partial charge in [-0.1, -0.05) is 12.1 Å². The van der Waals surface area contributed by atoms with Crippen molar-refractivity contribution in [2.75, 3.05) is 19.6 Å². The summed E-state index contributed by atoms with van der Waals surface area (Å²) in [4.78, 5) is 7.14. The van der Waals surface area contributed by atoms with Gasteiger partial charge in [0.25, 0.3) is 0 Å². The van der Waals surface area contributed by atoms with Crippen LogP contribution < -0.4 is 0 Å². The number of benzene rings is 1. The zero-order valence-corrected chi connectivity index (χ0v) is 12.4. The van der Waals surface area contributed by atoms with Crippen LogP contribution >= 0.6 is 0 Å². The first-order chi connectivity index (χ1) is 10.9. The van der Waals surface area contributed by atoms with Gasteiger partial charge in [0.15, 0.2) is 11.5 Å². The van der Waals surface area contributed by atoms with Gasteiger partial charge in [0.2, 0.25) is 0 Å². The molecule has 0 aliphatic carbocycles. The van der Waals surface area contributed by atoms with Gasteiger partial charge in [-0.05, 0) is 31.5 Å². The number of likely N-dealkylation sites (tertiary alicyclic amines) is 1. The Bertz CT molecular complexity index is 703. The molecular weight excluding hydrogens is 278 g/mol. The number of para-hydroxylation sites is 2. The smallest absolute Gasteiger partial charge is 0.199 e. The van der Waals surface area contributed by atoms with E-state index < -0.39 is 0 Å². The average Bonchev–Trinajstić information content (AvgIpc) is 3.22. The van der Waals surface area contributed by atoms with Crippen LogP contribution in [0.25, 0.3) is 11.1 Å². The molecule has 1 aliphatic heterocycles. The summed E-state index contributed by atoms with van der Waals surface area (Å²) < 4.78 is 7.96. The molecule has 0 N–H and O–H groups in total. The van der Waals surface area contributed by atoms with E-state index in [1.54, 1.807) is 12.7 Å². The first-order valence-electron chi connectivity index (χ1n) is 7.79. The third kappa shape index (κ3) is 2.74. The van der Waals surface area contributed by atoms with Crippen LogP contribution in [0, 0.1) is 0 Å². The number of oxazole rings is 1. The lowest BCUT2D eigenvalue weighted by Crippen LogP contribution is -2.36. The third-order valence-electron chi connectivity index (χ3n) is 4.31. The van der Waals surface area contributed by atoms with Crippen molar-refractivity contribution in [1.82, 2.24) is 24.6 Å². The van der Waals surface area contributed by atoms with E-state index in [0.717, 1.165) is 49.6 Å². The number of aromatic nitrogens is 4. The van der Waals surface area contributed by atoms with Crippen molar-refractivity contribution in [2.45, 2.75) is 25.3 Å². The van der Waals surface area contributed by atoms with Gasteiger partial charge in [-0.25, -0.2) is 4.98 Å². The molecule has 1 fully saturated rings. The maximum Gasteiger partial charge on any atom is 0.199 e. The number of piperidine rings is 1. The number of hydrogen-bond donors (Lipinski definition) is 0. The molecule has 0 amide bonds. The zero-order chi connectivity index (χ0) is 14.8. The molecule has 0 bridgehead atoms. The third-order valence-corrected chi connectivity index (χ3v) is 4.31. The van der Waals surface area contributed by atoms with Crippen LogP contribution in [0.5, 0.6) is 0 Å². The minimum absolute atomic E-state index is 0.391. The van der Waals surface area contributed by atoms with Gasteiger partial charge in [-0.2, -0.15) is 0 Å². The number of fused-ring (bicyclic) bond motifs is 1. The van der Waals surface area contributed by atoms with Crippen LogP contribution in [-0.2, 0) is 6.54 Å². The Morgan fingerprint density at radius 3 is 2.86 bits per heavy atom. The molecule has 114 valence electrons. The maximum atomic E-state index is 5.94. The normalized spacial score (nSPS) is 19.7. The zero-order valence-electron chi connectivity index (χ0n) is 12.4. The van der Waals surface area contributed by atoms with E-state index in [1.165, 1.54) is 6.42 Å². The second-order valence-electron chi connectivity index (χ2n) is 5.86. The monoisotopic (exact) mass is 297 g/mol. The van der Waals surface area contributed by atoms with Gasteiger partial charge in [0.05, 0.1) is 0 Å². The van der Waals surface area contributed by atoms with Crippen molar-refractivity contribution < 1.29 is 4.42 Å². The summed E-state index contributed by atoms with van der Waals surface area (Å²) in [5, 5.41) is 7.68. The Morgan fingerprint density at radius 2 is 2.00 bits per heavy atom. The van der Waals surface area contributed by atoms with Crippen molar-refractivity contribution in [2.24, 2.45) is 0 Å². The number of hydrogen-bond acceptors (Lipinski definition) is 5. The highest BCUT2D eigenvalue weighted by atomic mass is 16.3. The van der Waals surface area contributed by atoms with E-state index in [4.69, 9.17) is 4.42 Å². The summed E-state index contributed by atoms with van der Waals surface area (Å²) in [7, 11) is 0. The fourth-order valence-corrected chi connectivity index (χ4v) is 3.12. The second kappa shape index (κ2) is 5.88. The Morgan fingerprint density at radius 1 is 1.14 bits per heavy atom. The van der Waals surface area contributed by atoms with Crippen molar-refractivity contribution >= 4 is 11.1 Å². The van der Waals surface area contributed by atoms with E-state index in [-0.39, 0.29) is 0 Å². The van der Waals surface area contributed by atoms with E-state index in [1.807, 2.05) is 28.8 Å². The second-order valence-corrected chi connectivity index (χ2v) is 5.86. The highest BCUT2D eigenvalue weighted by Crippen LogP contribution is 2.28. The molecule has 1 saturated heterocycles. The Kier molecular flexibility index (Phi) is 3.60. The molecule has 0 unspecified atom stereocenters. The topological polar surface area (TPSA) is 60.0 Å². The lowest BCUT2D eigenvalue weighted by atomic mass is 9.98. The molecule has 1 aliphatic rings. The molecule has 2 aromatic heterocycles. The van der Waals surface area contributed by atoms with Crippen LogP contribution in [0.15, 0.2) is 41.3 Å². The van der Waals surface area contributed by atoms with E-state index >= 15 is 0 Å². The van der Waals surface area contributed by atoms with Crippen LogP contribution in [-0.4, -0.2) is 44.3 Å². The number of nitrogens with zero attached hydrogens (tertiary/aromatic N) is 5. The molecule has 4 rings (SSSR count). The molecule has 6 heteroatoms. The fraction of sp³-hybridized carbons (Fsp3) is 0.438. The SMILES string of the molecule is c1ccc2oc([C@H]3CCCN(CCn4cnnc4)C3)nc2c1. The molecule has 1 atom stereocenters. The van der Waals surface area contributed by atoms with Crippen molar-refractivity contribution in [3.05, 3.63) is 42.8 Å². The standard InChI is InChI=1S/C16H19N5O/c1-2-6-15-14(5-1)19-16(22-15)13-4-3-7-20(10-13)8-9-21-11-17-18-12-21/h1-2,5-6,11-13H,3-4,7-10H2/t13-/m0/s1. The van der Waals surface area contributed by atoms with Crippen LogP contribution in [0.4, 0.5) is 0 Å². The molecule has 6 nitrogen and oxygen atoms in total. The summed E-state index contributed by atoms with van der Waals surface area (Å²) in [5.74, 6) is 1.28. The first kappa shape index (κ1) is 13.5. The Labute approximate surface area is 128 Å². The van der Waals surface area contributed by atoms with E-state index in [0.29, 0.717) is 5.92 Å². The molecule has 0 saturated carbocycles. The van der Waals surface area contributed by atoms with Gasteiger partial charge in [-0.3, -0.25) is 0 Å². The Balaban J connectivity index is 1.43. The highest BCUT2D eigenvalue weighted by molar-refractivity contribution is 5.72. The van der Waals surface area contributed by atoms with Crippen molar-refractivity contribution in [3.63, 3.8) is 0 Å². The summed E-state index contributed by atoms with van der Waals surface area (Å²) in [6, 6.07) is 7.98. The predicted octanol–water partition coefficient (Wildman–Crippen LogP) is 2.30. The quantitative estimate of drug-likeness (QED) is 0.739. The van der Waals surface area contributed by atoms with Crippen LogP contribution in [0.2, 0.25) is 0 Å². The van der Waals surface area contributed by atoms with Crippen molar-refractivity contribution in [1.29, 1.82) is 0 Å². The van der Waals surface area contributed by atoms with Gasteiger partial charge < -0.3 is 13.9 Å². The predicted molar refractivity (Wildman–Crippen MR) is 82.4 cm³/mol. The summed E-state index contributed by atoms with van der Waals surface area (Å²) in [6.45, 7) is 4.08. The van der Waals surface area contributed by atoms with Crippen LogP contribution in [0.1, 0.15) is 24.7 Å². The lowest BCUT2D eigenvalue weighted by molar-refractivity contribution is 0.188. The average molecular weight is 297 g/mol. The Hall–Kier alpha value is -2.21. The van der Waals surface area contributed by atoms with Gasteiger partial charge in [0, 0.05) is 25.6 Å². The summed E-state index contributed by atoms with van der Waals surface area (Å²) >= 11 is 0. The van der Waals surface area contributed by atoms with Gasteiger partial charge in [-0.15, -0.1) is 10.2 Å². The fourth-order valence-electron chi connectivity index (χ4n) is 3.12. The minimum Gasteiger partial charge on any atom is -0.440 e. The molecule has 22 heavy (non-hydrogen) atoms. The molecular formula is C16H19N5O. The maximum absolute atomic E-state index is 5.94. The minimum atomic E-state index is 0.391. The van der Waals surface area contributed by atoms with Gasteiger partial charge >= 0.3 is 0 Å². The van der Waals surface area contributed by atoms with Crippen LogP contribution in [0.3, 0.4) is 0 Å². The van der Waals surface area contributed by atoms with E-state index in [2.05, 4.69) is 20.1 Å². The summed E-state index contributed by atoms with van der Waals surface area (Å²) in [6.07, 6.45) is 5.87. The largest absolute Gasteiger partial charge is 0.440 e. The molecule has 3 aromatic rings. The highest BCUT2D eigenvalue weighted by Gasteiger charge is 2.25. The molecule has 1 aromatic carbocycles. The lowest BCUT2D eigenvalue weighted by Gasteiger charge is -2.31. The summed E-state index contributed by atoms with van der Waals surface area (Å²) in [5.41, 5.74) is 1.85. The molecule has 0 radical (unpaired) electrons. The first-order valence-corrected chi connectivity index (χ1v) is 7.79.